The number of hydrogen-bond donors (Lipinski definition) is 2. The lowest BCUT2D eigenvalue weighted by Gasteiger charge is -2.07. The number of nitrogens with zero attached hydrogens (tertiary/aromatic N) is 5. The molecule has 0 saturated heterocycles. The standard InChI is InChI=1S/C21H20FN7S/c1-3-23-21(30)27-26-13(2)18-6-7-20-25-12-16(29(20)28-18)10-15-9-14-5-4-8-24-19(14)11-17(15)22/h4-9,11-12H,3,10H2,1-2H3,(H2,23,27,30)/b26-13-. The Bertz CT molecular complexity index is 1260. The molecule has 0 atom stereocenters. The fourth-order valence-electron chi connectivity index (χ4n) is 3.10. The van der Waals surface area contributed by atoms with Gasteiger partial charge in [-0.25, -0.2) is 13.9 Å². The number of pyridine rings is 1. The highest BCUT2D eigenvalue weighted by atomic mass is 32.1. The van der Waals surface area contributed by atoms with Crippen molar-refractivity contribution < 1.29 is 4.39 Å². The monoisotopic (exact) mass is 421 g/mol. The first-order valence-corrected chi connectivity index (χ1v) is 9.91. The minimum atomic E-state index is -0.300. The Labute approximate surface area is 178 Å². The van der Waals surface area contributed by atoms with Gasteiger partial charge in [-0.3, -0.25) is 10.4 Å². The molecule has 3 aromatic heterocycles. The van der Waals surface area contributed by atoms with Crippen molar-refractivity contribution >= 4 is 39.6 Å². The average Bonchev–Trinajstić information content (AvgIpc) is 3.15. The second-order valence-electron chi connectivity index (χ2n) is 6.72. The summed E-state index contributed by atoms with van der Waals surface area (Å²) in [6, 6.07) is 10.7. The molecule has 0 aliphatic heterocycles. The number of rotatable bonds is 5. The summed E-state index contributed by atoms with van der Waals surface area (Å²) in [4.78, 5) is 8.59. The van der Waals surface area contributed by atoms with Crippen molar-refractivity contribution in [1.29, 1.82) is 0 Å². The van der Waals surface area contributed by atoms with Gasteiger partial charge in [0.2, 0.25) is 0 Å². The average molecular weight is 422 g/mol. The van der Waals surface area contributed by atoms with Crippen molar-refractivity contribution in [3.63, 3.8) is 0 Å². The van der Waals surface area contributed by atoms with Crippen molar-refractivity contribution in [2.45, 2.75) is 20.3 Å². The van der Waals surface area contributed by atoms with Crippen molar-refractivity contribution in [2.24, 2.45) is 5.10 Å². The highest BCUT2D eigenvalue weighted by Crippen LogP contribution is 2.20. The van der Waals surface area contributed by atoms with Crippen LogP contribution in [0.5, 0.6) is 0 Å². The van der Waals surface area contributed by atoms with Crippen LogP contribution in [0.2, 0.25) is 0 Å². The van der Waals surface area contributed by atoms with E-state index in [0.29, 0.717) is 46.2 Å². The molecule has 0 fully saturated rings. The van der Waals surface area contributed by atoms with Gasteiger partial charge in [-0.2, -0.15) is 10.2 Å². The summed E-state index contributed by atoms with van der Waals surface area (Å²) in [7, 11) is 0. The minimum Gasteiger partial charge on any atom is -0.362 e. The summed E-state index contributed by atoms with van der Waals surface area (Å²) < 4.78 is 16.3. The molecule has 0 aliphatic carbocycles. The number of imidazole rings is 1. The van der Waals surface area contributed by atoms with Crippen LogP contribution in [0.15, 0.2) is 53.9 Å². The van der Waals surface area contributed by atoms with Crippen molar-refractivity contribution in [1.82, 2.24) is 30.3 Å². The first-order chi connectivity index (χ1) is 14.5. The maximum absolute atomic E-state index is 14.6. The van der Waals surface area contributed by atoms with Crippen LogP contribution < -0.4 is 10.7 Å². The fourth-order valence-corrected chi connectivity index (χ4v) is 3.29. The zero-order valence-electron chi connectivity index (χ0n) is 16.6. The molecule has 0 bridgehead atoms. The van der Waals surface area contributed by atoms with E-state index in [-0.39, 0.29) is 5.82 Å². The SMILES string of the molecule is CCNC(=S)N/N=C(/C)c1ccc2ncc(Cc3cc4cccnc4cc3F)n2n1. The molecule has 152 valence electrons. The van der Waals surface area contributed by atoms with E-state index < -0.39 is 0 Å². The number of aromatic nitrogens is 4. The van der Waals surface area contributed by atoms with Crippen LogP contribution in [0.1, 0.15) is 30.8 Å². The number of benzene rings is 1. The van der Waals surface area contributed by atoms with E-state index in [1.807, 2.05) is 44.2 Å². The molecule has 7 nitrogen and oxygen atoms in total. The van der Waals surface area contributed by atoms with Crippen molar-refractivity contribution in [3.8, 4) is 0 Å². The molecular weight excluding hydrogens is 401 g/mol. The Morgan fingerprint density at radius 2 is 2.10 bits per heavy atom. The molecule has 9 heteroatoms. The van der Waals surface area contributed by atoms with Gasteiger partial charge in [0.05, 0.1) is 23.1 Å². The molecule has 0 saturated carbocycles. The van der Waals surface area contributed by atoms with Gasteiger partial charge >= 0.3 is 0 Å². The molecule has 0 aliphatic rings. The lowest BCUT2D eigenvalue weighted by atomic mass is 10.1. The van der Waals surface area contributed by atoms with Crippen LogP contribution in [0.25, 0.3) is 16.6 Å². The summed E-state index contributed by atoms with van der Waals surface area (Å²) in [5, 5.41) is 13.2. The first kappa shape index (κ1) is 19.8. The topological polar surface area (TPSA) is 79.5 Å². The van der Waals surface area contributed by atoms with E-state index in [4.69, 9.17) is 12.2 Å². The van der Waals surface area contributed by atoms with E-state index in [0.717, 1.165) is 11.1 Å². The molecule has 4 rings (SSSR count). The summed E-state index contributed by atoms with van der Waals surface area (Å²) >= 11 is 5.12. The zero-order chi connectivity index (χ0) is 21.1. The van der Waals surface area contributed by atoms with Crippen LogP contribution in [-0.4, -0.2) is 37.0 Å². The molecule has 1 aromatic carbocycles. The lowest BCUT2D eigenvalue weighted by Crippen LogP contribution is -2.32. The number of fused-ring (bicyclic) bond motifs is 2. The predicted molar refractivity (Wildman–Crippen MR) is 119 cm³/mol. The Morgan fingerprint density at radius 3 is 2.93 bits per heavy atom. The zero-order valence-corrected chi connectivity index (χ0v) is 17.4. The Balaban J connectivity index is 1.64. The minimum absolute atomic E-state index is 0.300. The van der Waals surface area contributed by atoms with E-state index in [1.165, 1.54) is 6.07 Å². The molecule has 0 unspecified atom stereocenters. The third-order valence-corrected chi connectivity index (χ3v) is 4.84. The molecule has 0 spiro atoms. The van der Waals surface area contributed by atoms with Gasteiger partial charge in [0.1, 0.15) is 11.5 Å². The van der Waals surface area contributed by atoms with Gasteiger partial charge in [0.25, 0.3) is 0 Å². The van der Waals surface area contributed by atoms with Crippen molar-refractivity contribution in [3.05, 3.63) is 71.6 Å². The Hall–Kier alpha value is -3.46. The molecular formula is C21H20FN7S. The molecule has 4 aromatic rings. The number of nitrogens with one attached hydrogen (secondary N) is 2. The van der Waals surface area contributed by atoms with Crippen molar-refractivity contribution in [2.75, 3.05) is 6.54 Å². The van der Waals surface area contributed by atoms with E-state index >= 15 is 0 Å². The van der Waals surface area contributed by atoms with Crippen LogP contribution in [0.3, 0.4) is 0 Å². The molecule has 0 amide bonds. The number of hydrogen-bond acceptors (Lipinski definition) is 5. The maximum Gasteiger partial charge on any atom is 0.186 e. The summed E-state index contributed by atoms with van der Waals surface area (Å²) in [6.45, 7) is 4.50. The van der Waals surface area contributed by atoms with E-state index in [1.54, 1.807) is 16.9 Å². The highest BCUT2D eigenvalue weighted by Gasteiger charge is 2.12. The summed E-state index contributed by atoms with van der Waals surface area (Å²) in [5.41, 5.74) is 6.77. The van der Waals surface area contributed by atoms with Gasteiger partial charge in [-0.05, 0) is 55.9 Å². The normalized spacial score (nSPS) is 11.8. The van der Waals surface area contributed by atoms with Gasteiger partial charge < -0.3 is 5.32 Å². The maximum atomic E-state index is 14.6. The Kier molecular flexibility index (Phi) is 5.62. The van der Waals surface area contributed by atoms with E-state index in [2.05, 4.69) is 30.9 Å². The molecule has 0 radical (unpaired) electrons. The quantitative estimate of drug-likeness (QED) is 0.293. The molecule has 3 heterocycles. The first-order valence-electron chi connectivity index (χ1n) is 9.50. The van der Waals surface area contributed by atoms with Crippen LogP contribution >= 0.6 is 12.2 Å². The van der Waals surface area contributed by atoms with Gasteiger partial charge in [-0.1, -0.05) is 6.07 Å². The van der Waals surface area contributed by atoms with E-state index in [9.17, 15) is 4.39 Å². The third kappa shape index (κ3) is 4.11. The largest absolute Gasteiger partial charge is 0.362 e. The highest BCUT2D eigenvalue weighted by molar-refractivity contribution is 7.80. The molecule has 30 heavy (non-hydrogen) atoms. The summed E-state index contributed by atoms with van der Waals surface area (Å²) in [6.07, 6.45) is 3.72. The second-order valence-corrected chi connectivity index (χ2v) is 7.13. The fraction of sp³-hybridized carbons (Fsp3) is 0.190. The van der Waals surface area contributed by atoms with Gasteiger partial charge in [-0.15, -0.1) is 0 Å². The lowest BCUT2D eigenvalue weighted by molar-refractivity contribution is 0.614. The second kappa shape index (κ2) is 8.50. The predicted octanol–water partition coefficient (Wildman–Crippen LogP) is 3.22. The van der Waals surface area contributed by atoms with Gasteiger partial charge in [0, 0.05) is 30.6 Å². The van der Waals surface area contributed by atoms with Crippen LogP contribution in [0, 0.1) is 5.82 Å². The molecule has 2 N–H and O–H groups in total. The number of halogens is 1. The number of thiocarbonyl (C=S) groups is 1. The van der Waals surface area contributed by atoms with Crippen LogP contribution in [-0.2, 0) is 6.42 Å². The summed E-state index contributed by atoms with van der Waals surface area (Å²) in [5.74, 6) is -0.300. The Morgan fingerprint density at radius 1 is 1.23 bits per heavy atom. The smallest absolute Gasteiger partial charge is 0.186 e. The third-order valence-electron chi connectivity index (χ3n) is 4.61. The van der Waals surface area contributed by atoms with Crippen LogP contribution in [0.4, 0.5) is 4.39 Å². The van der Waals surface area contributed by atoms with Gasteiger partial charge in [0.15, 0.2) is 10.8 Å². The number of hydrazone groups is 1.